The first-order valence-electron chi connectivity index (χ1n) is 7.22. The first-order chi connectivity index (χ1) is 9.04. The molecular formula is C15H26N4. The molecule has 0 amide bonds. The van der Waals surface area contributed by atoms with E-state index in [1.807, 2.05) is 12.3 Å². The Morgan fingerprint density at radius 2 is 1.95 bits per heavy atom. The zero-order valence-electron chi connectivity index (χ0n) is 12.2. The summed E-state index contributed by atoms with van der Waals surface area (Å²) in [6.07, 6.45) is 4.14. The van der Waals surface area contributed by atoms with Gasteiger partial charge in [0.15, 0.2) is 0 Å². The summed E-state index contributed by atoms with van der Waals surface area (Å²) in [5, 5.41) is 0. The van der Waals surface area contributed by atoms with E-state index in [9.17, 15) is 0 Å². The Kier molecular flexibility index (Phi) is 4.77. The van der Waals surface area contributed by atoms with Crippen LogP contribution in [0.5, 0.6) is 0 Å². The zero-order valence-corrected chi connectivity index (χ0v) is 12.2. The van der Waals surface area contributed by atoms with Crippen LogP contribution in [0.25, 0.3) is 0 Å². The molecule has 1 aromatic rings. The molecule has 4 nitrogen and oxygen atoms in total. The Bertz CT molecular complexity index is 363. The second-order valence-electron chi connectivity index (χ2n) is 6.11. The number of hydrogen-bond acceptors (Lipinski definition) is 4. The molecule has 1 fully saturated rings. The van der Waals surface area contributed by atoms with Crippen molar-refractivity contribution in [1.82, 2.24) is 9.88 Å². The van der Waals surface area contributed by atoms with Crippen molar-refractivity contribution in [3.8, 4) is 0 Å². The molecule has 106 valence electrons. The number of nitrogens with zero attached hydrogens (tertiary/aromatic N) is 3. The summed E-state index contributed by atoms with van der Waals surface area (Å²) in [5.74, 6) is 1.10. The lowest BCUT2D eigenvalue weighted by Crippen LogP contribution is -2.47. The highest BCUT2D eigenvalue weighted by Gasteiger charge is 2.18. The molecule has 0 saturated carbocycles. The Labute approximate surface area is 116 Å². The minimum absolute atomic E-state index is 0.0320. The lowest BCUT2D eigenvalue weighted by atomic mass is 10.00. The van der Waals surface area contributed by atoms with Gasteiger partial charge in [-0.15, -0.1) is 0 Å². The van der Waals surface area contributed by atoms with Crippen LogP contribution in [0.4, 0.5) is 5.82 Å². The van der Waals surface area contributed by atoms with Gasteiger partial charge in [-0.25, -0.2) is 4.98 Å². The smallest absolute Gasteiger partial charge is 0.128 e. The Hall–Kier alpha value is -1.13. The standard InChI is InChI=1S/C15H26N4/c1-15(2,16)7-5-9-18-10-12-19(13-11-18)14-6-3-4-8-17-14/h3-4,6,8H,5,7,9-13,16H2,1-2H3. The van der Waals surface area contributed by atoms with Gasteiger partial charge in [0.1, 0.15) is 5.82 Å². The second-order valence-corrected chi connectivity index (χ2v) is 6.11. The van der Waals surface area contributed by atoms with Crippen LogP contribution < -0.4 is 10.6 Å². The molecule has 4 heteroatoms. The number of anilines is 1. The lowest BCUT2D eigenvalue weighted by Gasteiger charge is -2.35. The highest BCUT2D eigenvalue weighted by atomic mass is 15.3. The number of rotatable bonds is 5. The van der Waals surface area contributed by atoms with Gasteiger partial charge in [-0.1, -0.05) is 6.07 Å². The van der Waals surface area contributed by atoms with Crippen molar-refractivity contribution in [2.45, 2.75) is 32.2 Å². The third-order valence-corrected chi connectivity index (χ3v) is 3.64. The summed E-state index contributed by atoms with van der Waals surface area (Å²) in [4.78, 5) is 9.31. The first kappa shape index (κ1) is 14.3. The Morgan fingerprint density at radius 1 is 1.21 bits per heavy atom. The van der Waals surface area contributed by atoms with E-state index in [2.05, 4.69) is 40.8 Å². The highest BCUT2D eigenvalue weighted by molar-refractivity contribution is 5.38. The van der Waals surface area contributed by atoms with Crippen molar-refractivity contribution < 1.29 is 0 Å². The molecule has 2 N–H and O–H groups in total. The van der Waals surface area contributed by atoms with Crippen LogP contribution in [0, 0.1) is 0 Å². The van der Waals surface area contributed by atoms with Crippen molar-refractivity contribution in [2.24, 2.45) is 5.73 Å². The van der Waals surface area contributed by atoms with Gasteiger partial charge in [-0.2, -0.15) is 0 Å². The van der Waals surface area contributed by atoms with E-state index in [1.165, 1.54) is 6.42 Å². The minimum Gasteiger partial charge on any atom is -0.354 e. The van der Waals surface area contributed by atoms with Gasteiger partial charge in [-0.3, -0.25) is 4.90 Å². The molecule has 19 heavy (non-hydrogen) atoms. The van der Waals surface area contributed by atoms with Crippen molar-refractivity contribution in [3.63, 3.8) is 0 Å². The number of aromatic nitrogens is 1. The van der Waals surface area contributed by atoms with Crippen molar-refractivity contribution in [1.29, 1.82) is 0 Å². The molecule has 0 bridgehead atoms. The Balaban J connectivity index is 1.71. The van der Waals surface area contributed by atoms with Gasteiger partial charge < -0.3 is 10.6 Å². The molecule has 0 radical (unpaired) electrons. The van der Waals surface area contributed by atoms with E-state index in [-0.39, 0.29) is 5.54 Å². The summed E-state index contributed by atoms with van der Waals surface area (Å²) in [6.45, 7) is 9.77. The molecule has 0 unspecified atom stereocenters. The van der Waals surface area contributed by atoms with Gasteiger partial charge in [-0.05, 0) is 45.4 Å². The summed E-state index contributed by atoms with van der Waals surface area (Å²) in [5.41, 5.74) is 5.98. The van der Waals surface area contributed by atoms with E-state index >= 15 is 0 Å². The quantitative estimate of drug-likeness (QED) is 0.877. The van der Waals surface area contributed by atoms with Crippen LogP contribution in [0.2, 0.25) is 0 Å². The van der Waals surface area contributed by atoms with Crippen LogP contribution in [0.3, 0.4) is 0 Å². The molecule has 2 heterocycles. The minimum atomic E-state index is -0.0320. The third kappa shape index (κ3) is 4.80. The maximum absolute atomic E-state index is 6.01. The molecular weight excluding hydrogens is 236 g/mol. The summed E-state index contributed by atoms with van der Waals surface area (Å²) >= 11 is 0. The number of nitrogens with two attached hydrogens (primary N) is 1. The molecule has 0 aromatic carbocycles. The highest BCUT2D eigenvalue weighted by Crippen LogP contribution is 2.14. The normalized spacial score (nSPS) is 17.7. The molecule has 2 rings (SSSR count). The van der Waals surface area contributed by atoms with Gasteiger partial charge in [0.05, 0.1) is 0 Å². The van der Waals surface area contributed by atoms with E-state index in [1.54, 1.807) is 0 Å². The lowest BCUT2D eigenvalue weighted by molar-refractivity contribution is 0.245. The van der Waals surface area contributed by atoms with Crippen LogP contribution in [0.15, 0.2) is 24.4 Å². The number of piperazine rings is 1. The fraction of sp³-hybridized carbons (Fsp3) is 0.667. The van der Waals surface area contributed by atoms with Crippen molar-refractivity contribution in [3.05, 3.63) is 24.4 Å². The maximum atomic E-state index is 6.01. The predicted molar refractivity (Wildman–Crippen MR) is 80.4 cm³/mol. The topological polar surface area (TPSA) is 45.4 Å². The molecule has 1 saturated heterocycles. The average Bonchev–Trinajstić information content (AvgIpc) is 2.39. The van der Waals surface area contributed by atoms with Crippen LogP contribution >= 0.6 is 0 Å². The predicted octanol–water partition coefficient (Wildman–Crippen LogP) is 1.72. The number of pyridine rings is 1. The first-order valence-corrected chi connectivity index (χ1v) is 7.22. The van der Waals surface area contributed by atoms with E-state index < -0.39 is 0 Å². The van der Waals surface area contributed by atoms with E-state index in [4.69, 9.17) is 5.73 Å². The molecule has 0 atom stereocenters. The molecule has 1 aliphatic heterocycles. The number of hydrogen-bond donors (Lipinski definition) is 1. The van der Waals surface area contributed by atoms with Gasteiger partial charge in [0.2, 0.25) is 0 Å². The van der Waals surface area contributed by atoms with Crippen molar-refractivity contribution in [2.75, 3.05) is 37.6 Å². The average molecular weight is 262 g/mol. The van der Waals surface area contributed by atoms with Gasteiger partial charge >= 0.3 is 0 Å². The fourth-order valence-electron chi connectivity index (χ4n) is 2.50. The van der Waals surface area contributed by atoms with Crippen LogP contribution in [0.1, 0.15) is 26.7 Å². The summed E-state index contributed by atoms with van der Waals surface area (Å²) in [7, 11) is 0. The van der Waals surface area contributed by atoms with Crippen LogP contribution in [-0.2, 0) is 0 Å². The largest absolute Gasteiger partial charge is 0.354 e. The van der Waals surface area contributed by atoms with Gasteiger partial charge in [0, 0.05) is 37.9 Å². The zero-order chi connectivity index (χ0) is 13.7. The molecule has 1 aromatic heterocycles. The summed E-state index contributed by atoms with van der Waals surface area (Å²) in [6, 6.07) is 6.11. The summed E-state index contributed by atoms with van der Waals surface area (Å²) < 4.78 is 0. The Morgan fingerprint density at radius 3 is 2.53 bits per heavy atom. The van der Waals surface area contributed by atoms with E-state index in [0.29, 0.717) is 0 Å². The third-order valence-electron chi connectivity index (χ3n) is 3.64. The van der Waals surface area contributed by atoms with E-state index in [0.717, 1.165) is 45.0 Å². The van der Waals surface area contributed by atoms with Crippen LogP contribution in [-0.4, -0.2) is 48.1 Å². The fourth-order valence-corrected chi connectivity index (χ4v) is 2.50. The monoisotopic (exact) mass is 262 g/mol. The van der Waals surface area contributed by atoms with Gasteiger partial charge in [0.25, 0.3) is 0 Å². The SMILES string of the molecule is CC(C)(N)CCCN1CCN(c2ccccn2)CC1. The molecule has 1 aliphatic rings. The second kappa shape index (κ2) is 6.35. The molecule has 0 aliphatic carbocycles. The molecule has 0 spiro atoms. The maximum Gasteiger partial charge on any atom is 0.128 e. The van der Waals surface area contributed by atoms with Crippen molar-refractivity contribution >= 4 is 5.82 Å².